The maximum atomic E-state index is 8.81. The van der Waals surface area contributed by atoms with Crippen molar-refractivity contribution in [2.45, 2.75) is 32.4 Å². The molecule has 0 radical (unpaired) electrons. The van der Waals surface area contributed by atoms with Crippen LogP contribution in [0.25, 0.3) is 0 Å². The molecule has 0 saturated heterocycles. The van der Waals surface area contributed by atoms with E-state index in [0.717, 1.165) is 36.9 Å². The predicted octanol–water partition coefficient (Wildman–Crippen LogP) is 5.26. The minimum Gasteiger partial charge on any atom is -0.493 e. The van der Waals surface area contributed by atoms with Gasteiger partial charge in [-0.25, -0.2) is 0 Å². The van der Waals surface area contributed by atoms with Gasteiger partial charge in [0.2, 0.25) is 0 Å². The lowest BCUT2D eigenvalue weighted by atomic mass is 10.1. The summed E-state index contributed by atoms with van der Waals surface area (Å²) in [5.74, 6) is 1.40. The quantitative estimate of drug-likeness (QED) is 0.474. The minimum absolute atomic E-state index is 0. The molecule has 0 aromatic heterocycles. The highest BCUT2D eigenvalue weighted by Gasteiger charge is 2.12. The Morgan fingerprint density at radius 3 is 2.56 bits per heavy atom. The summed E-state index contributed by atoms with van der Waals surface area (Å²) in [5.41, 5.74) is 1.89. The van der Waals surface area contributed by atoms with E-state index >= 15 is 0 Å². The number of aliphatic hydroxyl groups excluding tert-OH is 1. The van der Waals surface area contributed by atoms with E-state index in [9.17, 15) is 0 Å². The molecule has 0 aliphatic rings. The number of benzene rings is 2. The summed E-state index contributed by atoms with van der Waals surface area (Å²) in [5, 5.41) is 13.4. The molecule has 0 saturated carbocycles. The van der Waals surface area contributed by atoms with Crippen molar-refractivity contribution >= 4 is 35.6 Å². The van der Waals surface area contributed by atoms with Crippen LogP contribution in [0.2, 0.25) is 10.0 Å². The molecule has 2 aromatic carbocycles. The number of rotatable bonds is 11. The van der Waals surface area contributed by atoms with E-state index < -0.39 is 0 Å². The number of unbranched alkanes of at least 4 members (excludes halogenated alkanes) is 2. The monoisotopic (exact) mass is 433 g/mol. The molecule has 0 fully saturated rings. The van der Waals surface area contributed by atoms with E-state index in [1.807, 2.05) is 24.3 Å². The summed E-state index contributed by atoms with van der Waals surface area (Å²) < 4.78 is 11.5. The van der Waals surface area contributed by atoms with E-state index in [1.54, 1.807) is 19.2 Å². The fourth-order valence-electron chi connectivity index (χ4n) is 2.58. The number of aliphatic hydroxyl groups is 1. The van der Waals surface area contributed by atoms with Crippen molar-refractivity contribution in [2.24, 2.45) is 0 Å². The Morgan fingerprint density at radius 2 is 1.85 bits per heavy atom. The number of halogens is 3. The SMILES string of the molecule is COc1cccc(CNCCCCCO)c1OCc1ccc(Cl)cc1Cl.Cl. The number of hydrogen-bond donors (Lipinski definition) is 2. The maximum Gasteiger partial charge on any atom is 0.166 e. The molecule has 4 nitrogen and oxygen atoms in total. The van der Waals surface area contributed by atoms with E-state index in [-0.39, 0.29) is 19.0 Å². The van der Waals surface area contributed by atoms with Gasteiger partial charge in [0.25, 0.3) is 0 Å². The second-order valence-electron chi connectivity index (χ2n) is 5.93. The maximum absolute atomic E-state index is 8.81. The molecule has 0 heterocycles. The van der Waals surface area contributed by atoms with Crippen LogP contribution in [0.1, 0.15) is 30.4 Å². The van der Waals surface area contributed by atoms with Gasteiger partial charge < -0.3 is 19.9 Å². The Bertz CT molecular complexity index is 698. The molecule has 150 valence electrons. The highest BCUT2D eigenvalue weighted by Crippen LogP contribution is 2.32. The molecule has 2 aromatic rings. The summed E-state index contributed by atoms with van der Waals surface area (Å²) in [6, 6.07) is 11.2. The minimum atomic E-state index is 0. The zero-order valence-electron chi connectivity index (χ0n) is 15.3. The summed E-state index contributed by atoms with van der Waals surface area (Å²) in [6.45, 7) is 2.15. The van der Waals surface area contributed by atoms with Crippen LogP contribution < -0.4 is 14.8 Å². The normalized spacial score (nSPS) is 10.4. The van der Waals surface area contributed by atoms with Gasteiger partial charge in [0.1, 0.15) is 6.61 Å². The zero-order chi connectivity index (χ0) is 18.8. The van der Waals surface area contributed by atoms with Crippen LogP contribution in [0.3, 0.4) is 0 Å². The van der Waals surface area contributed by atoms with Crippen molar-refractivity contribution in [3.8, 4) is 11.5 Å². The smallest absolute Gasteiger partial charge is 0.166 e. The average molecular weight is 435 g/mol. The lowest BCUT2D eigenvalue weighted by molar-refractivity contribution is 0.280. The molecule has 0 amide bonds. The van der Waals surface area contributed by atoms with E-state index in [2.05, 4.69) is 5.32 Å². The number of methoxy groups -OCH3 is 1. The molecule has 0 spiro atoms. The van der Waals surface area contributed by atoms with Crippen LogP contribution in [0, 0.1) is 0 Å². The second kappa shape index (κ2) is 13.1. The number of nitrogens with one attached hydrogen (secondary N) is 1. The third-order valence-corrected chi connectivity index (χ3v) is 4.58. The molecule has 27 heavy (non-hydrogen) atoms. The Kier molecular flexibility index (Phi) is 11.6. The predicted molar refractivity (Wildman–Crippen MR) is 114 cm³/mol. The lowest BCUT2D eigenvalue weighted by Crippen LogP contribution is -2.16. The largest absolute Gasteiger partial charge is 0.493 e. The van der Waals surface area contributed by atoms with Crippen LogP contribution >= 0.6 is 35.6 Å². The first-order valence-corrected chi connectivity index (χ1v) is 9.45. The van der Waals surface area contributed by atoms with Gasteiger partial charge in [0.15, 0.2) is 11.5 Å². The molecular formula is C20H26Cl3NO3. The van der Waals surface area contributed by atoms with E-state index in [1.165, 1.54) is 0 Å². The van der Waals surface area contributed by atoms with E-state index in [4.69, 9.17) is 37.8 Å². The molecule has 0 atom stereocenters. The van der Waals surface area contributed by atoms with Gasteiger partial charge in [0.05, 0.1) is 7.11 Å². The van der Waals surface area contributed by atoms with Gasteiger partial charge in [-0.15, -0.1) is 12.4 Å². The van der Waals surface area contributed by atoms with Gasteiger partial charge in [-0.05, 0) is 44.0 Å². The van der Waals surface area contributed by atoms with Crippen LogP contribution in [0.4, 0.5) is 0 Å². The zero-order valence-corrected chi connectivity index (χ0v) is 17.7. The first kappa shape index (κ1) is 23.9. The van der Waals surface area contributed by atoms with Gasteiger partial charge in [-0.1, -0.05) is 41.4 Å². The summed E-state index contributed by atoms with van der Waals surface area (Å²) >= 11 is 12.2. The molecule has 0 bridgehead atoms. The Morgan fingerprint density at radius 1 is 1.04 bits per heavy atom. The standard InChI is InChI=1S/C20H25Cl2NO3.ClH/c1-25-19-7-5-6-15(13-23-10-3-2-4-11-24)20(19)26-14-16-8-9-17(21)12-18(16)22;/h5-9,12,23-24H,2-4,10-11,13-14H2,1H3;1H. The van der Waals surface area contributed by atoms with Gasteiger partial charge in [-0.3, -0.25) is 0 Å². The van der Waals surface area contributed by atoms with Crippen molar-refractivity contribution < 1.29 is 14.6 Å². The molecule has 0 aliphatic carbocycles. The molecule has 2 rings (SSSR count). The van der Waals surface area contributed by atoms with Gasteiger partial charge in [0, 0.05) is 34.3 Å². The lowest BCUT2D eigenvalue weighted by Gasteiger charge is -2.16. The number of hydrogen-bond acceptors (Lipinski definition) is 4. The average Bonchev–Trinajstić information content (AvgIpc) is 2.64. The molecule has 0 aliphatic heterocycles. The summed E-state index contributed by atoms with van der Waals surface area (Å²) in [6.07, 6.45) is 2.89. The number of ether oxygens (including phenoxy) is 2. The van der Waals surface area contributed by atoms with Crippen molar-refractivity contribution in [1.29, 1.82) is 0 Å². The first-order chi connectivity index (χ1) is 12.7. The van der Waals surface area contributed by atoms with Crippen LogP contribution in [0.15, 0.2) is 36.4 Å². The highest BCUT2D eigenvalue weighted by molar-refractivity contribution is 6.35. The van der Waals surface area contributed by atoms with Crippen molar-refractivity contribution in [3.63, 3.8) is 0 Å². The molecule has 0 unspecified atom stereocenters. The molecule has 2 N–H and O–H groups in total. The number of para-hydroxylation sites is 1. The third kappa shape index (κ3) is 7.76. The first-order valence-electron chi connectivity index (χ1n) is 8.70. The molecule has 7 heteroatoms. The topological polar surface area (TPSA) is 50.7 Å². The Hall–Kier alpha value is -1.17. The van der Waals surface area contributed by atoms with Crippen molar-refractivity contribution in [3.05, 3.63) is 57.6 Å². The summed E-state index contributed by atoms with van der Waals surface area (Å²) in [7, 11) is 1.63. The fourth-order valence-corrected chi connectivity index (χ4v) is 3.04. The van der Waals surface area contributed by atoms with E-state index in [0.29, 0.717) is 34.7 Å². The van der Waals surface area contributed by atoms with Crippen LogP contribution in [-0.4, -0.2) is 25.4 Å². The summed E-state index contributed by atoms with van der Waals surface area (Å²) in [4.78, 5) is 0. The Labute approximate surface area is 177 Å². The van der Waals surface area contributed by atoms with Gasteiger partial charge >= 0.3 is 0 Å². The van der Waals surface area contributed by atoms with Crippen LogP contribution in [-0.2, 0) is 13.2 Å². The fraction of sp³-hybridized carbons (Fsp3) is 0.400. The van der Waals surface area contributed by atoms with Gasteiger partial charge in [-0.2, -0.15) is 0 Å². The second-order valence-corrected chi connectivity index (χ2v) is 6.78. The van der Waals surface area contributed by atoms with Crippen molar-refractivity contribution in [2.75, 3.05) is 20.3 Å². The third-order valence-electron chi connectivity index (χ3n) is 3.99. The molecular weight excluding hydrogens is 409 g/mol. The highest BCUT2D eigenvalue weighted by atomic mass is 35.5. The van der Waals surface area contributed by atoms with Crippen LogP contribution in [0.5, 0.6) is 11.5 Å². The Balaban J connectivity index is 0.00000364. The van der Waals surface area contributed by atoms with Crippen molar-refractivity contribution in [1.82, 2.24) is 5.32 Å².